The Labute approximate surface area is 160 Å². The summed E-state index contributed by atoms with van der Waals surface area (Å²) in [5.41, 5.74) is 6.81. The lowest BCUT2D eigenvalue weighted by Crippen LogP contribution is -2.46. The van der Waals surface area contributed by atoms with Crippen molar-refractivity contribution in [2.24, 2.45) is 5.73 Å². The van der Waals surface area contributed by atoms with E-state index in [1.54, 1.807) is 30.3 Å². The second-order valence-corrected chi connectivity index (χ2v) is 6.41. The van der Waals surface area contributed by atoms with Crippen LogP contribution < -0.4 is 16.4 Å². The monoisotopic (exact) mass is 393 g/mol. The summed E-state index contributed by atoms with van der Waals surface area (Å²) >= 11 is 12.2. The highest BCUT2D eigenvalue weighted by molar-refractivity contribution is 6.36. The highest BCUT2D eigenvalue weighted by Gasteiger charge is 2.22. The summed E-state index contributed by atoms with van der Waals surface area (Å²) < 4.78 is 0. The number of carbonyl (C=O) groups excluding carboxylic acids is 3. The van der Waals surface area contributed by atoms with Crippen LogP contribution in [0.3, 0.4) is 0 Å². The Bertz CT molecular complexity index is 818. The second-order valence-electron chi connectivity index (χ2n) is 5.59. The lowest BCUT2D eigenvalue weighted by atomic mass is 10.0. The van der Waals surface area contributed by atoms with Crippen LogP contribution in [-0.2, 0) is 16.0 Å². The van der Waals surface area contributed by atoms with E-state index in [9.17, 15) is 14.4 Å². The SMILES string of the molecule is CC(=O)Nc1ccc(C(=O)N[C@@H](Cc2c(Cl)cccc2Cl)C(N)=O)cc1. The van der Waals surface area contributed by atoms with Crippen LogP contribution in [0.15, 0.2) is 42.5 Å². The van der Waals surface area contributed by atoms with Gasteiger partial charge in [-0.25, -0.2) is 0 Å². The molecule has 0 aliphatic carbocycles. The van der Waals surface area contributed by atoms with Gasteiger partial charge in [0.25, 0.3) is 5.91 Å². The van der Waals surface area contributed by atoms with Gasteiger partial charge >= 0.3 is 0 Å². The molecule has 6 nitrogen and oxygen atoms in total. The maximum atomic E-state index is 12.4. The molecule has 0 aliphatic rings. The smallest absolute Gasteiger partial charge is 0.251 e. The van der Waals surface area contributed by atoms with Gasteiger partial charge in [0, 0.05) is 34.6 Å². The predicted octanol–water partition coefficient (Wildman–Crippen LogP) is 2.78. The van der Waals surface area contributed by atoms with Crippen LogP contribution in [-0.4, -0.2) is 23.8 Å². The van der Waals surface area contributed by atoms with Gasteiger partial charge in [-0.05, 0) is 42.0 Å². The van der Waals surface area contributed by atoms with E-state index in [4.69, 9.17) is 28.9 Å². The molecule has 1 atom stereocenters. The number of anilines is 1. The Morgan fingerprint density at radius 3 is 2.12 bits per heavy atom. The molecule has 0 saturated carbocycles. The van der Waals surface area contributed by atoms with E-state index < -0.39 is 17.9 Å². The van der Waals surface area contributed by atoms with Crippen molar-refractivity contribution in [3.63, 3.8) is 0 Å². The summed E-state index contributed by atoms with van der Waals surface area (Å²) in [5.74, 6) is -1.40. The van der Waals surface area contributed by atoms with Gasteiger partial charge in [-0.2, -0.15) is 0 Å². The molecule has 0 aliphatic heterocycles. The molecule has 0 saturated heterocycles. The number of benzene rings is 2. The van der Waals surface area contributed by atoms with Crippen LogP contribution in [0.25, 0.3) is 0 Å². The summed E-state index contributed by atoms with van der Waals surface area (Å²) in [6.45, 7) is 1.39. The quantitative estimate of drug-likeness (QED) is 0.702. The summed E-state index contributed by atoms with van der Waals surface area (Å²) in [7, 11) is 0. The topological polar surface area (TPSA) is 101 Å². The fourth-order valence-corrected chi connectivity index (χ4v) is 2.86. The first-order valence-corrected chi connectivity index (χ1v) is 8.44. The number of nitrogens with one attached hydrogen (secondary N) is 2. The van der Waals surface area contributed by atoms with Crippen LogP contribution in [0.2, 0.25) is 10.0 Å². The first kappa shape index (κ1) is 19.8. The summed E-state index contributed by atoms with van der Waals surface area (Å²) in [4.78, 5) is 35.1. The molecule has 0 aromatic heterocycles. The third kappa shape index (κ3) is 5.21. The first-order valence-electron chi connectivity index (χ1n) is 7.68. The van der Waals surface area contributed by atoms with Crippen molar-refractivity contribution in [2.45, 2.75) is 19.4 Å². The van der Waals surface area contributed by atoms with Gasteiger partial charge in [0.2, 0.25) is 11.8 Å². The zero-order chi connectivity index (χ0) is 19.3. The van der Waals surface area contributed by atoms with E-state index in [0.29, 0.717) is 26.9 Å². The minimum absolute atomic E-state index is 0.0730. The molecule has 2 aromatic carbocycles. The molecule has 0 fully saturated rings. The summed E-state index contributed by atoms with van der Waals surface area (Å²) in [5, 5.41) is 5.95. The predicted molar refractivity (Wildman–Crippen MR) is 101 cm³/mol. The number of nitrogens with two attached hydrogens (primary N) is 1. The fourth-order valence-electron chi connectivity index (χ4n) is 2.30. The Morgan fingerprint density at radius 1 is 1.04 bits per heavy atom. The van der Waals surface area contributed by atoms with E-state index in [-0.39, 0.29) is 12.3 Å². The minimum Gasteiger partial charge on any atom is -0.368 e. The molecule has 0 heterocycles. The highest BCUT2D eigenvalue weighted by Crippen LogP contribution is 2.25. The molecule has 26 heavy (non-hydrogen) atoms. The number of rotatable bonds is 6. The summed E-state index contributed by atoms with van der Waals surface area (Å²) in [6.07, 6.45) is 0.0730. The van der Waals surface area contributed by atoms with E-state index in [1.165, 1.54) is 19.1 Å². The Hall–Kier alpha value is -2.57. The molecule has 3 amide bonds. The van der Waals surface area contributed by atoms with Gasteiger partial charge < -0.3 is 16.4 Å². The maximum absolute atomic E-state index is 12.4. The molecule has 0 unspecified atom stereocenters. The van der Waals surface area contributed by atoms with Crippen LogP contribution in [0.5, 0.6) is 0 Å². The average molecular weight is 394 g/mol. The first-order chi connectivity index (χ1) is 12.3. The molecule has 136 valence electrons. The van der Waals surface area contributed by atoms with E-state index >= 15 is 0 Å². The standard InChI is InChI=1S/C18H17Cl2N3O3/c1-10(24)22-12-7-5-11(6-8-12)18(26)23-16(17(21)25)9-13-14(19)3-2-4-15(13)20/h2-8,16H,9H2,1H3,(H2,21,25)(H,22,24)(H,23,26)/t16-/m0/s1. The molecule has 4 N–H and O–H groups in total. The van der Waals surface area contributed by atoms with Crippen molar-refractivity contribution in [3.8, 4) is 0 Å². The van der Waals surface area contributed by atoms with Gasteiger partial charge in [-0.3, -0.25) is 14.4 Å². The number of hydrogen-bond donors (Lipinski definition) is 3. The third-order valence-corrected chi connectivity index (χ3v) is 4.29. The Kier molecular flexibility index (Phi) is 6.60. The largest absolute Gasteiger partial charge is 0.368 e. The van der Waals surface area contributed by atoms with Crippen molar-refractivity contribution >= 4 is 46.6 Å². The molecule has 2 rings (SSSR count). The fraction of sp³-hybridized carbons (Fsp3) is 0.167. The van der Waals surface area contributed by atoms with Gasteiger partial charge in [0.05, 0.1) is 0 Å². The van der Waals surface area contributed by atoms with Gasteiger partial charge in [-0.15, -0.1) is 0 Å². The average Bonchev–Trinajstić information content (AvgIpc) is 2.57. The molecule has 0 spiro atoms. The Balaban J connectivity index is 2.13. The molecule has 0 radical (unpaired) electrons. The van der Waals surface area contributed by atoms with E-state index in [1.807, 2.05) is 0 Å². The number of halogens is 2. The molecule has 8 heteroatoms. The highest BCUT2D eigenvalue weighted by atomic mass is 35.5. The second kappa shape index (κ2) is 8.69. The molecular formula is C18H17Cl2N3O3. The van der Waals surface area contributed by atoms with Gasteiger partial charge in [0.15, 0.2) is 0 Å². The van der Waals surface area contributed by atoms with Crippen molar-refractivity contribution < 1.29 is 14.4 Å². The number of carbonyl (C=O) groups is 3. The lowest BCUT2D eigenvalue weighted by molar-refractivity contribution is -0.119. The van der Waals surface area contributed by atoms with Crippen LogP contribution in [0.1, 0.15) is 22.8 Å². The molecule has 0 bridgehead atoms. The normalized spacial score (nSPS) is 11.5. The van der Waals surface area contributed by atoms with Crippen molar-refractivity contribution in [2.75, 3.05) is 5.32 Å². The number of primary amides is 1. The number of hydrogen-bond acceptors (Lipinski definition) is 3. The zero-order valence-electron chi connectivity index (χ0n) is 13.9. The van der Waals surface area contributed by atoms with E-state index in [2.05, 4.69) is 10.6 Å². The lowest BCUT2D eigenvalue weighted by Gasteiger charge is -2.17. The van der Waals surface area contributed by atoms with Gasteiger partial charge in [-0.1, -0.05) is 29.3 Å². The van der Waals surface area contributed by atoms with Crippen molar-refractivity contribution in [1.82, 2.24) is 5.32 Å². The Morgan fingerprint density at radius 2 is 1.62 bits per heavy atom. The van der Waals surface area contributed by atoms with Crippen molar-refractivity contribution in [1.29, 1.82) is 0 Å². The zero-order valence-corrected chi connectivity index (χ0v) is 15.4. The molecular weight excluding hydrogens is 377 g/mol. The summed E-state index contributed by atoms with van der Waals surface area (Å²) in [6, 6.07) is 10.2. The van der Waals surface area contributed by atoms with Gasteiger partial charge in [0.1, 0.15) is 6.04 Å². The molecule has 2 aromatic rings. The number of amides is 3. The minimum atomic E-state index is -0.977. The third-order valence-electron chi connectivity index (χ3n) is 3.59. The van der Waals surface area contributed by atoms with Crippen LogP contribution in [0.4, 0.5) is 5.69 Å². The van der Waals surface area contributed by atoms with Crippen LogP contribution in [0, 0.1) is 0 Å². The van der Waals surface area contributed by atoms with E-state index in [0.717, 1.165) is 0 Å². The van der Waals surface area contributed by atoms with Crippen LogP contribution >= 0.6 is 23.2 Å². The van der Waals surface area contributed by atoms with Crippen molar-refractivity contribution in [3.05, 3.63) is 63.6 Å². The maximum Gasteiger partial charge on any atom is 0.251 e.